The number of hydrogen-bond donors (Lipinski definition) is 0. The summed E-state index contributed by atoms with van der Waals surface area (Å²) >= 11 is 3.23. The monoisotopic (exact) mass is 249 g/mol. The molecule has 2 aromatic heterocycles. The maximum absolute atomic E-state index is 8.59. The van der Waals surface area contributed by atoms with Gasteiger partial charge in [-0.3, -0.25) is 0 Å². The predicted octanol–water partition coefficient (Wildman–Crippen LogP) is 1.30. The van der Waals surface area contributed by atoms with E-state index in [1.807, 2.05) is 6.07 Å². The number of nitriles is 1. The Hall–Kier alpha value is -1.74. The molecule has 14 heavy (non-hydrogen) atoms. The second-order valence-corrected chi connectivity index (χ2v) is 3.40. The van der Waals surface area contributed by atoms with Crippen molar-refractivity contribution in [2.45, 2.75) is 0 Å². The van der Waals surface area contributed by atoms with Crippen LogP contribution in [-0.4, -0.2) is 19.7 Å². The predicted molar refractivity (Wildman–Crippen MR) is 51.6 cm³/mol. The molecule has 2 rings (SSSR count). The first-order valence-electron chi connectivity index (χ1n) is 3.72. The highest BCUT2D eigenvalue weighted by atomic mass is 79.9. The molecule has 0 aromatic carbocycles. The molecule has 0 unspecified atom stereocenters. The van der Waals surface area contributed by atoms with Gasteiger partial charge in [0.25, 0.3) is 5.95 Å². The highest BCUT2D eigenvalue weighted by Gasteiger charge is 2.01. The van der Waals surface area contributed by atoms with Crippen LogP contribution in [0, 0.1) is 11.3 Å². The molecule has 0 saturated heterocycles. The number of nitrogens with zero attached hydrogens (tertiary/aromatic N) is 5. The topological polar surface area (TPSA) is 67.4 Å². The van der Waals surface area contributed by atoms with E-state index in [-0.39, 0.29) is 0 Å². The quantitative estimate of drug-likeness (QED) is 0.764. The van der Waals surface area contributed by atoms with Crippen molar-refractivity contribution in [2.24, 2.45) is 0 Å². The van der Waals surface area contributed by atoms with Crippen molar-refractivity contribution in [3.05, 3.63) is 34.8 Å². The van der Waals surface area contributed by atoms with Gasteiger partial charge in [-0.2, -0.15) is 10.4 Å². The van der Waals surface area contributed by atoms with Crippen molar-refractivity contribution < 1.29 is 0 Å². The van der Waals surface area contributed by atoms with Gasteiger partial charge in [-0.1, -0.05) is 0 Å². The minimum absolute atomic E-state index is 0.440. The smallest absolute Gasteiger partial charge is 0.218 e. The Labute approximate surface area is 88.2 Å². The molecule has 0 radical (unpaired) electrons. The number of aromatic nitrogens is 4. The van der Waals surface area contributed by atoms with Crippen LogP contribution in [0.15, 0.2) is 29.3 Å². The minimum atomic E-state index is 0.440. The van der Waals surface area contributed by atoms with Crippen LogP contribution in [0.1, 0.15) is 5.56 Å². The molecule has 0 fully saturated rings. The molecule has 0 aliphatic heterocycles. The van der Waals surface area contributed by atoms with E-state index >= 15 is 0 Å². The van der Waals surface area contributed by atoms with Crippen molar-refractivity contribution in [1.82, 2.24) is 19.7 Å². The lowest BCUT2D eigenvalue weighted by molar-refractivity contribution is 0.806. The van der Waals surface area contributed by atoms with E-state index in [0.717, 1.165) is 4.47 Å². The molecular weight excluding hydrogens is 246 g/mol. The Morgan fingerprint density at radius 2 is 2.00 bits per heavy atom. The Balaban J connectivity index is 2.40. The van der Waals surface area contributed by atoms with Gasteiger partial charge >= 0.3 is 0 Å². The molecule has 0 bridgehead atoms. The first-order chi connectivity index (χ1) is 6.79. The molecule has 68 valence electrons. The van der Waals surface area contributed by atoms with E-state index in [9.17, 15) is 0 Å². The van der Waals surface area contributed by atoms with Gasteiger partial charge in [-0.15, -0.1) is 0 Å². The summed E-state index contributed by atoms with van der Waals surface area (Å²) in [4.78, 5) is 8.06. The zero-order valence-corrected chi connectivity index (χ0v) is 8.51. The van der Waals surface area contributed by atoms with Crippen LogP contribution in [0.25, 0.3) is 5.95 Å². The lowest BCUT2D eigenvalue weighted by Gasteiger charge is -1.96. The summed E-state index contributed by atoms with van der Waals surface area (Å²) in [5.41, 5.74) is 0.483. The largest absolute Gasteiger partial charge is 0.250 e. The maximum Gasteiger partial charge on any atom is 0.250 e. The molecular formula is C8H4BrN5. The standard InChI is InChI=1S/C8H4BrN5/c9-7-3-11-8(12-4-7)14-5-6(1-10)2-13-14/h2-5H. The van der Waals surface area contributed by atoms with Gasteiger partial charge in [0.15, 0.2) is 0 Å². The lowest BCUT2D eigenvalue weighted by atomic mass is 10.4. The highest BCUT2D eigenvalue weighted by molar-refractivity contribution is 9.10. The molecule has 0 spiro atoms. The normalized spacial score (nSPS) is 9.71. The summed E-state index contributed by atoms with van der Waals surface area (Å²) in [6, 6.07) is 1.98. The van der Waals surface area contributed by atoms with Gasteiger partial charge in [-0.25, -0.2) is 14.6 Å². The third kappa shape index (κ3) is 1.63. The van der Waals surface area contributed by atoms with Crippen LogP contribution in [-0.2, 0) is 0 Å². The van der Waals surface area contributed by atoms with Gasteiger partial charge < -0.3 is 0 Å². The Kier molecular flexibility index (Phi) is 2.24. The van der Waals surface area contributed by atoms with E-state index in [0.29, 0.717) is 11.5 Å². The molecule has 0 atom stereocenters. The average molecular weight is 250 g/mol. The second-order valence-electron chi connectivity index (χ2n) is 2.49. The van der Waals surface area contributed by atoms with Gasteiger partial charge in [-0.05, 0) is 15.9 Å². The Morgan fingerprint density at radius 1 is 1.29 bits per heavy atom. The van der Waals surface area contributed by atoms with Crippen molar-refractivity contribution >= 4 is 15.9 Å². The fourth-order valence-electron chi connectivity index (χ4n) is 0.914. The first-order valence-corrected chi connectivity index (χ1v) is 4.51. The molecule has 6 heteroatoms. The van der Waals surface area contributed by atoms with Crippen LogP contribution in [0.5, 0.6) is 0 Å². The van der Waals surface area contributed by atoms with Crippen LogP contribution < -0.4 is 0 Å². The number of rotatable bonds is 1. The van der Waals surface area contributed by atoms with Crippen LogP contribution >= 0.6 is 15.9 Å². The molecule has 2 heterocycles. The van der Waals surface area contributed by atoms with E-state index in [1.165, 1.54) is 10.9 Å². The van der Waals surface area contributed by atoms with Crippen molar-refractivity contribution in [1.29, 1.82) is 5.26 Å². The van der Waals surface area contributed by atoms with Gasteiger partial charge in [0.05, 0.1) is 22.4 Å². The SMILES string of the molecule is N#Cc1cnn(-c2ncc(Br)cn2)c1. The summed E-state index contributed by atoms with van der Waals surface area (Å²) in [6.07, 6.45) is 6.28. The third-order valence-corrected chi connectivity index (χ3v) is 1.93. The van der Waals surface area contributed by atoms with Crippen LogP contribution in [0.2, 0.25) is 0 Å². The molecule has 2 aromatic rings. The van der Waals surface area contributed by atoms with E-state index in [2.05, 4.69) is 31.0 Å². The third-order valence-electron chi connectivity index (χ3n) is 1.52. The fraction of sp³-hybridized carbons (Fsp3) is 0. The number of halogens is 1. The van der Waals surface area contributed by atoms with E-state index in [4.69, 9.17) is 5.26 Å². The fourth-order valence-corrected chi connectivity index (χ4v) is 1.12. The molecule has 0 N–H and O–H groups in total. The molecule has 5 nitrogen and oxygen atoms in total. The van der Waals surface area contributed by atoms with E-state index < -0.39 is 0 Å². The molecule has 0 aliphatic rings. The van der Waals surface area contributed by atoms with Gasteiger partial charge in [0.2, 0.25) is 0 Å². The first kappa shape index (κ1) is 8.84. The molecule has 0 amide bonds. The van der Waals surface area contributed by atoms with Crippen molar-refractivity contribution in [3.8, 4) is 12.0 Å². The van der Waals surface area contributed by atoms with Crippen LogP contribution in [0.4, 0.5) is 0 Å². The summed E-state index contributed by atoms with van der Waals surface area (Å²) < 4.78 is 2.25. The lowest BCUT2D eigenvalue weighted by Crippen LogP contribution is -2.00. The van der Waals surface area contributed by atoms with Gasteiger partial charge in [0.1, 0.15) is 6.07 Å². The maximum atomic E-state index is 8.59. The van der Waals surface area contributed by atoms with Crippen molar-refractivity contribution in [2.75, 3.05) is 0 Å². The molecule has 0 aliphatic carbocycles. The Bertz CT molecular complexity index is 481. The number of hydrogen-bond acceptors (Lipinski definition) is 4. The summed E-state index contributed by atoms with van der Waals surface area (Å²) in [5, 5.41) is 12.5. The zero-order chi connectivity index (χ0) is 9.97. The van der Waals surface area contributed by atoms with Crippen molar-refractivity contribution in [3.63, 3.8) is 0 Å². The highest BCUT2D eigenvalue weighted by Crippen LogP contribution is 2.07. The summed E-state index contributed by atoms with van der Waals surface area (Å²) in [5.74, 6) is 0.440. The second kappa shape index (κ2) is 3.55. The minimum Gasteiger partial charge on any atom is -0.218 e. The van der Waals surface area contributed by atoms with Gasteiger partial charge in [0, 0.05) is 12.4 Å². The molecule has 0 saturated carbocycles. The Morgan fingerprint density at radius 3 is 2.57 bits per heavy atom. The summed E-state index contributed by atoms with van der Waals surface area (Å²) in [6.45, 7) is 0. The van der Waals surface area contributed by atoms with Crippen LogP contribution in [0.3, 0.4) is 0 Å². The van der Waals surface area contributed by atoms with E-state index in [1.54, 1.807) is 18.6 Å². The zero-order valence-electron chi connectivity index (χ0n) is 6.92. The average Bonchev–Trinajstić information content (AvgIpc) is 2.67. The summed E-state index contributed by atoms with van der Waals surface area (Å²) in [7, 11) is 0.